The van der Waals surface area contributed by atoms with Crippen molar-refractivity contribution in [3.8, 4) is 0 Å². The maximum atomic E-state index is 14.0. The highest BCUT2D eigenvalue weighted by Crippen LogP contribution is 2.35. The monoisotopic (exact) mass is 434 g/mol. The van der Waals surface area contributed by atoms with E-state index in [-0.39, 0.29) is 31.0 Å². The number of hydrogen-bond donors (Lipinski definition) is 0. The van der Waals surface area contributed by atoms with Crippen LogP contribution in [0.2, 0.25) is 0 Å². The quantitative estimate of drug-likeness (QED) is 0.737. The van der Waals surface area contributed by atoms with Crippen LogP contribution >= 0.6 is 0 Å². The minimum absolute atomic E-state index is 0.0512. The zero-order chi connectivity index (χ0) is 21.3. The van der Waals surface area contributed by atoms with Gasteiger partial charge in [0.15, 0.2) is 0 Å². The third-order valence-electron chi connectivity index (χ3n) is 6.03. The van der Waals surface area contributed by atoms with Crippen LogP contribution in [0, 0.1) is 17.6 Å². The Hall–Kier alpha value is -2.32. The minimum atomic E-state index is -4.14. The van der Waals surface area contributed by atoms with Gasteiger partial charge in [-0.05, 0) is 49.4 Å². The van der Waals surface area contributed by atoms with Crippen molar-refractivity contribution in [2.45, 2.75) is 36.6 Å². The molecular formula is C22H24F2N2O3S. The van der Waals surface area contributed by atoms with Crippen LogP contribution < -0.4 is 0 Å². The molecule has 0 bridgehead atoms. The molecule has 4 rings (SSSR count). The molecule has 0 unspecified atom stereocenters. The molecule has 2 heterocycles. The van der Waals surface area contributed by atoms with E-state index in [1.54, 1.807) is 0 Å². The summed E-state index contributed by atoms with van der Waals surface area (Å²) in [5, 5.41) is 0. The van der Waals surface area contributed by atoms with Crippen molar-refractivity contribution in [2.24, 2.45) is 5.92 Å². The van der Waals surface area contributed by atoms with Crippen molar-refractivity contribution in [1.82, 2.24) is 9.21 Å². The van der Waals surface area contributed by atoms with Gasteiger partial charge in [0, 0.05) is 25.6 Å². The summed E-state index contributed by atoms with van der Waals surface area (Å²) in [5.74, 6) is -1.99. The second kappa shape index (κ2) is 8.43. The van der Waals surface area contributed by atoms with Crippen LogP contribution in [0.25, 0.3) is 0 Å². The Morgan fingerprint density at radius 2 is 1.63 bits per heavy atom. The van der Waals surface area contributed by atoms with Gasteiger partial charge in [-0.1, -0.05) is 30.3 Å². The number of piperidine rings is 1. The normalized spacial score (nSPS) is 21.1. The van der Waals surface area contributed by atoms with E-state index in [0.717, 1.165) is 34.8 Å². The number of hydrogen-bond acceptors (Lipinski definition) is 3. The Morgan fingerprint density at radius 3 is 2.33 bits per heavy atom. The number of benzene rings is 2. The summed E-state index contributed by atoms with van der Waals surface area (Å²) in [7, 11) is -4.14. The molecule has 0 spiro atoms. The summed E-state index contributed by atoms with van der Waals surface area (Å²) in [6.07, 6.45) is 2.60. The zero-order valence-electron chi connectivity index (χ0n) is 16.5. The Bertz CT molecular complexity index is 1020. The fourth-order valence-electron chi connectivity index (χ4n) is 4.44. The number of carbonyl (C=O) groups is 1. The average molecular weight is 435 g/mol. The third kappa shape index (κ3) is 3.98. The molecule has 1 atom stereocenters. The largest absolute Gasteiger partial charge is 0.335 e. The number of likely N-dealkylation sites (tertiary alicyclic amines) is 1. The molecule has 2 aromatic rings. The minimum Gasteiger partial charge on any atom is -0.335 e. The maximum Gasteiger partial charge on any atom is 0.246 e. The van der Waals surface area contributed by atoms with E-state index >= 15 is 0 Å². The van der Waals surface area contributed by atoms with Gasteiger partial charge in [0.25, 0.3) is 0 Å². The molecule has 0 saturated carbocycles. The number of amides is 1. The van der Waals surface area contributed by atoms with Gasteiger partial charge in [0.1, 0.15) is 16.5 Å². The maximum absolute atomic E-state index is 14.0. The van der Waals surface area contributed by atoms with Gasteiger partial charge in [-0.25, -0.2) is 17.2 Å². The first-order valence-electron chi connectivity index (χ1n) is 10.2. The lowest BCUT2D eigenvalue weighted by atomic mass is 9.95. The second-order valence-corrected chi connectivity index (χ2v) is 9.76. The molecule has 8 heteroatoms. The van der Waals surface area contributed by atoms with Crippen molar-refractivity contribution in [3.05, 3.63) is 65.7 Å². The van der Waals surface area contributed by atoms with Crippen LogP contribution in [0.3, 0.4) is 0 Å². The Balaban J connectivity index is 1.44. The molecule has 2 fully saturated rings. The summed E-state index contributed by atoms with van der Waals surface area (Å²) in [5.41, 5.74) is 1.12. The van der Waals surface area contributed by atoms with Crippen LogP contribution in [-0.4, -0.2) is 43.2 Å². The Kier molecular flexibility index (Phi) is 5.88. The van der Waals surface area contributed by atoms with Gasteiger partial charge in [-0.15, -0.1) is 0 Å². The fourth-order valence-corrected chi connectivity index (χ4v) is 5.99. The average Bonchev–Trinajstić information content (AvgIpc) is 3.25. The lowest BCUT2D eigenvalue weighted by Gasteiger charge is -2.34. The Morgan fingerprint density at radius 1 is 0.933 bits per heavy atom. The molecule has 0 aliphatic carbocycles. The third-order valence-corrected chi connectivity index (χ3v) is 7.95. The number of halogens is 2. The molecule has 2 aliphatic heterocycles. The van der Waals surface area contributed by atoms with Crippen LogP contribution in [0.15, 0.2) is 53.4 Å². The fraction of sp³-hybridized carbons (Fsp3) is 0.409. The van der Waals surface area contributed by atoms with Crippen molar-refractivity contribution in [1.29, 1.82) is 0 Å². The van der Waals surface area contributed by atoms with E-state index in [9.17, 15) is 22.0 Å². The van der Waals surface area contributed by atoms with Gasteiger partial charge in [0.2, 0.25) is 15.9 Å². The van der Waals surface area contributed by atoms with Crippen LogP contribution in [0.5, 0.6) is 0 Å². The first-order valence-corrected chi connectivity index (χ1v) is 11.6. The summed E-state index contributed by atoms with van der Waals surface area (Å²) >= 11 is 0. The van der Waals surface area contributed by atoms with Crippen LogP contribution in [0.1, 0.15) is 37.3 Å². The summed E-state index contributed by atoms with van der Waals surface area (Å²) in [4.78, 5) is 14.4. The van der Waals surface area contributed by atoms with E-state index in [2.05, 4.69) is 0 Å². The van der Waals surface area contributed by atoms with Crippen molar-refractivity contribution in [3.63, 3.8) is 0 Å². The molecule has 160 valence electrons. The molecule has 2 aromatic carbocycles. The number of nitrogens with zero attached hydrogens (tertiary/aromatic N) is 2. The zero-order valence-corrected chi connectivity index (χ0v) is 17.3. The predicted octanol–water partition coefficient (Wildman–Crippen LogP) is 3.73. The molecule has 0 N–H and O–H groups in total. The van der Waals surface area contributed by atoms with Crippen LogP contribution in [-0.2, 0) is 14.8 Å². The number of rotatable bonds is 4. The molecule has 1 amide bonds. The highest BCUT2D eigenvalue weighted by molar-refractivity contribution is 7.89. The highest BCUT2D eigenvalue weighted by atomic mass is 32.2. The van der Waals surface area contributed by atoms with E-state index in [1.165, 1.54) is 0 Å². The lowest BCUT2D eigenvalue weighted by molar-refractivity contribution is -0.137. The van der Waals surface area contributed by atoms with Gasteiger partial charge in [-0.3, -0.25) is 4.79 Å². The standard InChI is InChI=1S/C22H24F2N2O3S/c23-18-8-9-19(24)21(15-18)30(28,29)25-13-10-17(11-14-25)22(27)26-12-4-7-20(26)16-5-2-1-3-6-16/h1-3,5-6,8-9,15,17,20H,4,7,10-14H2/t20-/m1/s1. The first-order chi connectivity index (χ1) is 14.4. The van der Waals surface area contributed by atoms with E-state index < -0.39 is 26.6 Å². The van der Waals surface area contributed by atoms with E-state index in [4.69, 9.17) is 0 Å². The van der Waals surface area contributed by atoms with Crippen molar-refractivity contribution in [2.75, 3.05) is 19.6 Å². The molecule has 30 heavy (non-hydrogen) atoms. The van der Waals surface area contributed by atoms with Gasteiger partial charge in [0.05, 0.1) is 6.04 Å². The molecule has 2 saturated heterocycles. The summed E-state index contributed by atoms with van der Waals surface area (Å²) < 4.78 is 54.1. The summed E-state index contributed by atoms with van der Waals surface area (Å²) in [6, 6.07) is 12.4. The van der Waals surface area contributed by atoms with Gasteiger partial charge < -0.3 is 4.90 Å². The smallest absolute Gasteiger partial charge is 0.246 e. The highest BCUT2D eigenvalue weighted by Gasteiger charge is 2.38. The van der Waals surface area contributed by atoms with Crippen LogP contribution in [0.4, 0.5) is 8.78 Å². The van der Waals surface area contributed by atoms with Crippen molar-refractivity contribution >= 4 is 15.9 Å². The lowest BCUT2D eigenvalue weighted by Crippen LogP contribution is -2.44. The molecule has 0 radical (unpaired) electrons. The SMILES string of the molecule is O=C(C1CCN(S(=O)(=O)c2cc(F)ccc2F)CC1)N1CCC[C@@H]1c1ccccc1. The second-order valence-electron chi connectivity index (χ2n) is 7.85. The topological polar surface area (TPSA) is 57.7 Å². The summed E-state index contributed by atoms with van der Waals surface area (Å²) in [6.45, 7) is 0.919. The molecule has 5 nitrogen and oxygen atoms in total. The van der Waals surface area contributed by atoms with E-state index in [1.807, 2.05) is 35.2 Å². The van der Waals surface area contributed by atoms with E-state index in [0.29, 0.717) is 25.5 Å². The predicted molar refractivity (Wildman–Crippen MR) is 108 cm³/mol. The molecule has 0 aromatic heterocycles. The van der Waals surface area contributed by atoms with Gasteiger partial charge in [-0.2, -0.15) is 4.31 Å². The number of sulfonamides is 1. The van der Waals surface area contributed by atoms with Gasteiger partial charge >= 0.3 is 0 Å². The first kappa shape index (κ1) is 20.9. The molecular weight excluding hydrogens is 410 g/mol. The molecule has 2 aliphatic rings. The number of carbonyl (C=O) groups excluding carboxylic acids is 1. The Labute approximate surface area is 175 Å². The van der Waals surface area contributed by atoms with Crippen molar-refractivity contribution < 1.29 is 22.0 Å².